The Bertz CT molecular complexity index is 1510. The lowest BCUT2D eigenvalue weighted by atomic mass is 9.99. The number of hydrogen-bond donors (Lipinski definition) is 1. The average Bonchev–Trinajstić information content (AvgIpc) is 3.30. The number of amides is 2. The number of carbonyl (C=O) groups is 2. The summed E-state index contributed by atoms with van der Waals surface area (Å²) in [6.07, 6.45) is 0. The summed E-state index contributed by atoms with van der Waals surface area (Å²) in [6, 6.07) is 15.4. The third-order valence-corrected chi connectivity index (χ3v) is 6.14. The highest BCUT2D eigenvalue weighted by atomic mass is 19.1. The Kier molecular flexibility index (Phi) is 7.85. The van der Waals surface area contributed by atoms with Gasteiger partial charge in [0, 0.05) is 16.8 Å². The molecule has 0 saturated heterocycles. The molecule has 10 heteroatoms. The van der Waals surface area contributed by atoms with E-state index in [4.69, 9.17) is 9.47 Å². The molecule has 1 aromatic heterocycles. The summed E-state index contributed by atoms with van der Waals surface area (Å²) in [5.74, 6) is -0.672. The maximum absolute atomic E-state index is 14.9. The number of nitrogens with one attached hydrogen (secondary N) is 1. The first-order valence-electron chi connectivity index (χ1n) is 12.4. The topological polar surface area (TPSA) is 98.6 Å². The van der Waals surface area contributed by atoms with Gasteiger partial charge in [-0.2, -0.15) is 0 Å². The largest absolute Gasteiger partial charge is 0.497 e. The van der Waals surface area contributed by atoms with Crippen LogP contribution in [-0.4, -0.2) is 46.6 Å². The Morgan fingerprint density at radius 1 is 1.05 bits per heavy atom. The molecule has 1 atom stereocenters. The van der Waals surface area contributed by atoms with Gasteiger partial charge in [-0.3, -0.25) is 14.5 Å². The maximum atomic E-state index is 14.9. The van der Waals surface area contributed by atoms with Gasteiger partial charge in [-0.15, -0.1) is 5.10 Å². The third kappa shape index (κ3) is 6.00. The van der Waals surface area contributed by atoms with Crippen LogP contribution in [0.25, 0.3) is 11.0 Å². The number of anilines is 1. The zero-order valence-electron chi connectivity index (χ0n) is 22.9. The minimum absolute atomic E-state index is 0.200. The molecule has 1 heterocycles. The minimum atomic E-state index is -1.24. The van der Waals surface area contributed by atoms with Gasteiger partial charge in [0.1, 0.15) is 35.4 Å². The van der Waals surface area contributed by atoms with E-state index in [2.05, 4.69) is 15.6 Å². The molecule has 0 spiro atoms. The van der Waals surface area contributed by atoms with E-state index in [0.717, 1.165) is 0 Å². The van der Waals surface area contributed by atoms with E-state index in [-0.39, 0.29) is 12.2 Å². The molecule has 0 bridgehead atoms. The fourth-order valence-corrected chi connectivity index (χ4v) is 4.30. The highest BCUT2D eigenvalue weighted by Crippen LogP contribution is 2.37. The van der Waals surface area contributed by atoms with Crippen molar-refractivity contribution >= 4 is 28.5 Å². The minimum Gasteiger partial charge on any atom is -0.497 e. The number of halogens is 1. The molecule has 0 aliphatic carbocycles. The first-order chi connectivity index (χ1) is 18.5. The Hall–Kier alpha value is -4.47. The third-order valence-electron chi connectivity index (χ3n) is 6.14. The van der Waals surface area contributed by atoms with E-state index in [1.165, 1.54) is 29.9 Å². The molecule has 3 aromatic carbocycles. The molecule has 0 fully saturated rings. The first-order valence-corrected chi connectivity index (χ1v) is 12.4. The molecule has 204 valence electrons. The zero-order valence-corrected chi connectivity index (χ0v) is 22.9. The predicted molar refractivity (Wildman–Crippen MR) is 146 cm³/mol. The van der Waals surface area contributed by atoms with Crippen molar-refractivity contribution in [1.29, 1.82) is 0 Å². The highest BCUT2D eigenvalue weighted by molar-refractivity contribution is 6.02. The lowest BCUT2D eigenvalue weighted by molar-refractivity contribution is -0.128. The molecule has 4 rings (SSSR count). The number of aromatic nitrogens is 3. The van der Waals surface area contributed by atoms with Crippen molar-refractivity contribution in [3.8, 4) is 11.5 Å². The molecule has 0 aliphatic heterocycles. The fourth-order valence-electron chi connectivity index (χ4n) is 4.30. The molecule has 0 aliphatic rings. The number of benzene rings is 3. The van der Waals surface area contributed by atoms with Gasteiger partial charge < -0.3 is 14.8 Å². The van der Waals surface area contributed by atoms with E-state index in [0.29, 0.717) is 33.7 Å². The number of methoxy groups -OCH3 is 2. The van der Waals surface area contributed by atoms with Gasteiger partial charge in [-0.1, -0.05) is 23.4 Å². The molecule has 2 amide bonds. The number of carbonyl (C=O) groups excluding carboxylic acids is 2. The standard InChI is InChI=1S/C29H32FN5O4/c1-18-11-12-19(15-22(18)30)35(26(36)17-34-24-10-8-7-9-23(24)32-33-34)27(28(37)31-29(2,3)4)21-16-20(38-5)13-14-25(21)39-6/h7-16,27H,17H2,1-6H3,(H,31,37)/t27-/m0/s1. The molecule has 9 nitrogen and oxygen atoms in total. The summed E-state index contributed by atoms with van der Waals surface area (Å²) in [4.78, 5) is 29.4. The summed E-state index contributed by atoms with van der Waals surface area (Å²) < 4.78 is 27.4. The highest BCUT2D eigenvalue weighted by Gasteiger charge is 2.37. The average molecular weight is 534 g/mol. The second kappa shape index (κ2) is 11.1. The molecule has 0 saturated carbocycles. The van der Waals surface area contributed by atoms with Gasteiger partial charge >= 0.3 is 0 Å². The number of fused-ring (bicyclic) bond motifs is 1. The first kappa shape index (κ1) is 27.6. The molecular weight excluding hydrogens is 501 g/mol. The van der Waals surface area contributed by atoms with E-state index in [9.17, 15) is 14.0 Å². The fraction of sp³-hybridized carbons (Fsp3) is 0.310. The van der Waals surface area contributed by atoms with Crippen molar-refractivity contribution < 1.29 is 23.5 Å². The van der Waals surface area contributed by atoms with Gasteiger partial charge in [-0.05, 0) is 75.7 Å². The van der Waals surface area contributed by atoms with Crippen molar-refractivity contribution in [1.82, 2.24) is 20.3 Å². The summed E-state index contributed by atoms with van der Waals surface area (Å²) in [5, 5.41) is 11.2. The maximum Gasteiger partial charge on any atom is 0.249 e. The van der Waals surface area contributed by atoms with Crippen molar-refractivity contribution in [3.05, 3.63) is 77.6 Å². The summed E-state index contributed by atoms with van der Waals surface area (Å²) in [6.45, 7) is 6.89. The van der Waals surface area contributed by atoms with Crippen LogP contribution in [0.5, 0.6) is 11.5 Å². The lowest BCUT2D eigenvalue weighted by Gasteiger charge is -2.34. The molecule has 0 radical (unpaired) electrons. The van der Waals surface area contributed by atoms with Crippen LogP contribution in [0.1, 0.15) is 37.9 Å². The van der Waals surface area contributed by atoms with Crippen molar-refractivity contribution in [2.24, 2.45) is 0 Å². The number of ether oxygens (including phenoxy) is 2. The van der Waals surface area contributed by atoms with Crippen LogP contribution in [-0.2, 0) is 16.1 Å². The van der Waals surface area contributed by atoms with E-state index >= 15 is 0 Å². The van der Waals surface area contributed by atoms with Crippen LogP contribution in [0.15, 0.2) is 60.7 Å². The van der Waals surface area contributed by atoms with Crippen molar-refractivity contribution in [3.63, 3.8) is 0 Å². The smallest absolute Gasteiger partial charge is 0.249 e. The van der Waals surface area contributed by atoms with Gasteiger partial charge in [0.25, 0.3) is 0 Å². The normalized spacial score (nSPS) is 12.2. The second-order valence-electron chi connectivity index (χ2n) is 10.2. The zero-order chi connectivity index (χ0) is 28.3. The van der Waals surface area contributed by atoms with E-state index < -0.39 is 29.2 Å². The Morgan fingerprint density at radius 2 is 1.79 bits per heavy atom. The summed E-state index contributed by atoms with van der Waals surface area (Å²) >= 11 is 0. The number of rotatable bonds is 8. The number of aryl methyl sites for hydroxylation is 1. The number of para-hydroxylation sites is 1. The van der Waals surface area contributed by atoms with Crippen LogP contribution in [0.3, 0.4) is 0 Å². The van der Waals surface area contributed by atoms with Crippen LogP contribution < -0.4 is 19.7 Å². The predicted octanol–water partition coefficient (Wildman–Crippen LogP) is 4.59. The van der Waals surface area contributed by atoms with Crippen molar-refractivity contribution in [2.75, 3.05) is 19.1 Å². The van der Waals surface area contributed by atoms with Crippen LogP contribution in [0, 0.1) is 12.7 Å². The van der Waals surface area contributed by atoms with E-state index in [1.54, 1.807) is 49.4 Å². The summed E-state index contributed by atoms with van der Waals surface area (Å²) in [7, 11) is 2.98. The lowest BCUT2D eigenvalue weighted by Crippen LogP contribution is -2.50. The molecular formula is C29H32FN5O4. The van der Waals surface area contributed by atoms with Gasteiger partial charge in [0.15, 0.2) is 0 Å². The van der Waals surface area contributed by atoms with Gasteiger partial charge in [-0.25, -0.2) is 9.07 Å². The van der Waals surface area contributed by atoms with Gasteiger partial charge in [0.2, 0.25) is 11.8 Å². The monoisotopic (exact) mass is 533 g/mol. The Balaban J connectivity index is 1.92. The number of nitrogens with zero attached hydrogens (tertiary/aromatic N) is 4. The van der Waals surface area contributed by atoms with Crippen LogP contribution in [0.4, 0.5) is 10.1 Å². The molecule has 39 heavy (non-hydrogen) atoms. The number of hydrogen-bond acceptors (Lipinski definition) is 6. The second-order valence-corrected chi connectivity index (χ2v) is 10.2. The van der Waals surface area contributed by atoms with Crippen molar-refractivity contribution in [2.45, 2.75) is 45.8 Å². The van der Waals surface area contributed by atoms with E-state index in [1.807, 2.05) is 32.9 Å². The van der Waals surface area contributed by atoms with Crippen LogP contribution in [0.2, 0.25) is 0 Å². The SMILES string of the molecule is COc1ccc(OC)c([C@@H](C(=O)NC(C)(C)C)N(C(=O)Cn2nnc3ccccc32)c2ccc(C)c(F)c2)c1. The van der Waals surface area contributed by atoms with Crippen LogP contribution >= 0.6 is 0 Å². The molecule has 1 N–H and O–H groups in total. The van der Waals surface area contributed by atoms with Gasteiger partial charge in [0.05, 0.1) is 19.7 Å². The Labute approximate surface area is 226 Å². The molecule has 0 unspecified atom stereocenters. The molecule has 4 aromatic rings. The summed E-state index contributed by atoms with van der Waals surface area (Å²) in [5.41, 5.74) is 1.62. The quantitative estimate of drug-likeness (QED) is 0.356. The Morgan fingerprint density at radius 3 is 2.46 bits per heavy atom.